The van der Waals surface area contributed by atoms with Crippen LogP contribution >= 0.6 is 0 Å². The number of aromatic hydroxyl groups is 3. The molecule has 294 valence electrons. The van der Waals surface area contributed by atoms with Gasteiger partial charge in [0.25, 0.3) is 5.91 Å². The van der Waals surface area contributed by atoms with Crippen molar-refractivity contribution in [2.45, 2.75) is 70.3 Å². The fourth-order valence-electron chi connectivity index (χ4n) is 7.00. The third kappa shape index (κ3) is 9.77. The SMILES string of the molecule is CC(C)CCNC(=O)C(Cc1ccc(O)cc1)N1CC2N(C(=O)OCCc3ccc(O)cc3)O[C@H](Cc3ccccc3)C(=O)N2[C@@H](Cc2ccc(O)cc2)C1=O. The molecule has 2 heterocycles. The van der Waals surface area contributed by atoms with E-state index in [2.05, 4.69) is 5.32 Å². The van der Waals surface area contributed by atoms with Gasteiger partial charge in [0.2, 0.25) is 11.8 Å². The van der Waals surface area contributed by atoms with Crippen LogP contribution in [0.4, 0.5) is 4.79 Å². The summed E-state index contributed by atoms with van der Waals surface area (Å²) in [4.78, 5) is 66.8. The summed E-state index contributed by atoms with van der Waals surface area (Å²) in [7, 11) is 0. The molecule has 2 aliphatic heterocycles. The number of ether oxygens (including phenoxy) is 1. The molecule has 4 amide bonds. The summed E-state index contributed by atoms with van der Waals surface area (Å²) in [6.45, 7) is 4.15. The molecule has 2 saturated heterocycles. The van der Waals surface area contributed by atoms with E-state index in [0.29, 0.717) is 36.4 Å². The number of carbonyl (C=O) groups excluding carboxylic acids is 4. The van der Waals surface area contributed by atoms with E-state index in [4.69, 9.17) is 9.57 Å². The first-order valence-electron chi connectivity index (χ1n) is 18.9. The smallest absolute Gasteiger partial charge is 0.436 e. The zero-order valence-corrected chi connectivity index (χ0v) is 31.5. The second-order valence-corrected chi connectivity index (χ2v) is 14.6. The monoisotopic (exact) mass is 764 g/mol. The Morgan fingerprint density at radius 2 is 1.34 bits per heavy atom. The fourth-order valence-corrected chi connectivity index (χ4v) is 7.00. The molecule has 4 aromatic rings. The van der Waals surface area contributed by atoms with Crippen molar-refractivity contribution in [3.05, 3.63) is 125 Å². The maximum absolute atomic E-state index is 14.9. The molecular formula is C43H48N4O9. The molecule has 56 heavy (non-hydrogen) atoms. The van der Waals surface area contributed by atoms with Crippen LogP contribution in [0.5, 0.6) is 17.2 Å². The molecule has 13 nitrogen and oxygen atoms in total. The van der Waals surface area contributed by atoms with Gasteiger partial charge in [0, 0.05) is 32.2 Å². The Morgan fingerprint density at radius 3 is 1.95 bits per heavy atom. The van der Waals surface area contributed by atoms with Crippen LogP contribution in [0, 0.1) is 5.92 Å². The number of nitrogens with one attached hydrogen (secondary N) is 1. The van der Waals surface area contributed by atoms with E-state index in [0.717, 1.165) is 16.2 Å². The summed E-state index contributed by atoms with van der Waals surface area (Å²) in [5, 5.41) is 33.7. The van der Waals surface area contributed by atoms with Gasteiger partial charge in [-0.2, -0.15) is 5.06 Å². The lowest BCUT2D eigenvalue weighted by molar-refractivity contribution is -0.267. The van der Waals surface area contributed by atoms with Crippen molar-refractivity contribution in [1.82, 2.24) is 20.2 Å². The Hall–Kier alpha value is -6.08. The number of piperazine rings is 1. The standard InChI is InChI=1S/C43H48N4O9/c1-28(2)20-22-44-40(51)36(24-31-10-16-34(49)17-11-31)45-27-39-46(37(41(45)52)25-32-12-18-35(50)19-13-32)42(53)38(26-30-6-4-3-5-7-30)56-47(39)43(54)55-23-21-29-8-14-33(48)15-9-29/h3-19,28,36-39,48-50H,20-27H2,1-2H3,(H,44,51)/t36?,37-,38+,39?/m0/s1. The highest BCUT2D eigenvalue weighted by Gasteiger charge is 2.55. The van der Waals surface area contributed by atoms with E-state index in [1.54, 1.807) is 36.4 Å². The van der Waals surface area contributed by atoms with Crippen LogP contribution in [-0.2, 0) is 49.6 Å². The molecule has 13 heteroatoms. The molecule has 0 aliphatic carbocycles. The van der Waals surface area contributed by atoms with Crippen molar-refractivity contribution in [3.63, 3.8) is 0 Å². The van der Waals surface area contributed by atoms with Gasteiger partial charge in [0.15, 0.2) is 12.3 Å². The second kappa shape index (κ2) is 18.0. The van der Waals surface area contributed by atoms with Gasteiger partial charge < -0.3 is 35.2 Å². The van der Waals surface area contributed by atoms with Gasteiger partial charge in [0.05, 0.1) is 13.2 Å². The third-order valence-electron chi connectivity index (χ3n) is 10.1. The fraction of sp³-hybridized carbons (Fsp3) is 0.349. The average molecular weight is 765 g/mol. The first-order chi connectivity index (χ1) is 27.0. The van der Waals surface area contributed by atoms with Crippen molar-refractivity contribution in [2.75, 3.05) is 19.7 Å². The number of hydrogen-bond acceptors (Lipinski definition) is 9. The molecule has 0 saturated carbocycles. The van der Waals surface area contributed by atoms with Gasteiger partial charge >= 0.3 is 6.09 Å². The largest absolute Gasteiger partial charge is 0.508 e. The minimum absolute atomic E-state index is 0.0144. The highest BCUT2D eigenvalue weighted by molar-refractivity contribution is 5.95. The highest BCUT2D eigenvalue weighted by atomic mass is 16.7. The quantitative estimate of drug-likeness (QED) is 0.142. The van der Waals surface area contributed by atoms with Gasteiger partial charge in [-0.25, -0.2) is 4.79 Å². The second-order valence-electron chi connectivity index (χ2n) is 14.6. The third-order valence-corrected chi connectivity index (χ3v) is 10.1. The lowest BCUT2D eigenvalue weighted by atomic mass is 9.94. The number of hydrogen-bond donors (Lipinski definition) is 4. The highest BCUT2D eigenvalue weighted by Crippen LogP contribution is 2.33. The maximum atomic E-state index is 14.9. The van der Waals surface area contributed by atoms with E-state index in [1.165, 1.54) is 46.2 Å². The molecule has 0 aromatic heterocycles. The van der Waals surface area contributed by atoms with Crippen LogP contribution in [-0.4, -0.2) is 98.0 Å². The number of nitrogens with zero attached hydrogens (tertiary/aromatic N) is 3. The number of phenolic OH excluding ortho intramolecular Hbond substituents is 3. The zero-order valence-electron chi connectivity index (χ0n) is 31.5. The predicted octanol–water partition coefficient (Wildman–Crippen LogP) is 4.72. The molecule has 4 aromatic carbocycles. The number of rotatable bonds is 14. The van der Waals surface area contributed by atoms with Crippen LogP contribution in [0.15, 0.2) is 103 Å². The van der Waals surface area contributed by atoms with Gasteiger partial charge in [-0.05, 0) is 71.0 Å². The van der Waals surface area contributed by atoms with Crippen molar-refractivity contribution in [1.29, 1.82) is 0 Å². The van der Waals surface area contributed by atoms with Crippen LogP contribution < -0.4 is 5.32 Å². The van der Waals surface area contributed by atoms with Crippen molar-refractivity contribution < 1.29 is 44.1 Å². The first kappa shape index (κ1) is 39.6. The van der Waals surface area contributed by atoms with Gasteiger partial charge in [-0.3, -0.25) is 19.2 Å². The number of phenols is 3. The maximum Gasteiger partial charge on any atom is 0.436 e. The summed E-state index contributed by atoms with van der Waals surface area (Å²) < 4.78 is 5.74. The summed E-state index contributed by atoms with van der Waals surface area (Å²) in [5.41, 5.74) is 2.91. The van der Waals surface area contributed by atoms with Crippen molar-refractivity contribution in [3.8, 4) is 17.2 Å². The Morgan fingerprint density at radius 1 is 0.768 bits per heavy atom. The molecule has 4 atom stereocenters. The molecule has 6 rings (SSSR count). The lowest BCUT2D eigenvalue weighted by Crippen LogP contribution is -2.75. The molecular weight excluding hydrogens is 716 g/mol. The summed E-state index contributed by atoms with van der Waals surface area (Å²) >= 11 is 0. The van der Waals surface area contributed by atoms with E-state index < -0.39 is 48.2 Å². The van der Waals surface area contributed by atoms with Gasteiger partial charge in [-0.1, -0.05) is 80.6 Å². The summed E-state index contributed by atoms with van der Waals surface area (Å²) in [6, 6.07) is 26.1. The Kier molecular flexibility index (Phi) is 12.8. The number of carbonyl (C=O) groups is 4. The molecule has 0 radical (unpaired) electrons. The number of fused-ring (bicyclic) bond motifs is 1. The Balaban J connectivity index is 1.38. The van der Waals surface area contributed by atoms with E-state index in [-0.39, 0.29) is 49.7 Å². The van der Waals surface area contributed by atoms with Crippen molar-refractivity contribution in [2.24, 2.45) is 5.92 Å². The average Bonchev–Trinajstić information content (AvgIpc) is 3.18. The van der Waals surface area contributed by atoms with Gasteiger partial charge in [0.1, 0.15) is 29.3 Å². The minimum atomic E-state index is -1.19. The first-order valence-corrected chi connectivity index (χ1v) is 18.9. The normalized spacial score (nSPS) is 18.8. The Bertz CT molecular complexity index is 1960. The molecule has 4 N–H and O–H groups in total. The Labute approximate surface area is 326 Å². The van der Waals surface area contributed by atoms with Gasteiger partial charge in [-0.15, -0.1) is 0 Å². The van der Waals surface area contributed by atoms with Crippen LogP contribution in [0.1, 0.15) is 42.5 Å². The molecule has 2 aliphatic rings. The topological polar surface area (TPSA) is 169 Å². The van der Waals surface area contributed by atoms with E-state index in [9.17, 15) is 34.5 Å². The summed E-state index contributed by atoms with van der Waals surface area (Å²) in [6.07, 6.45) is -2.00. The molecule has 2 fully saturated rings. The minimum Gasteiger partial charge on any atom is -0.508 e. The van der Waals surface area contributed by atoms with E-state index >= 15 is 0 Å². The molecule has 2 unspecified atom stereocenters. The van der Waals surface area contributed by atoms with Crippen LogP contribution in [0.2, 0.25) is 0 Å². The molecule has 0 bridgehead atoms. The van der Waals surface area contributed by atoms with Crippen LogP contribution in [0.25, 0.3) is 0 Å². The van der Waals surface area contributed by atoms with Crippen LogP contribution in [0.3, 0.4) is 0 Å². The van der Waals surface area contributed by atoms with E-state index in [1.807, 2.05) is 44.2 Å². The predicted molar refractivity (Wildman–Crippen MR) is 206 cm³/mol. The number of hydroxylamine groups is 2. The molecule has 0 spiro atoms. The van der Waals surface area contributed by atoms with Crippen molar-refractivity contribution >= 4 is 23.8 Å². The lowest BCUT2D eigenvalue weighted by Gasteiger charge is -2.53. The number of benzene rings is 4. The zero-order chi connectivity index (χ0) is 39.8. The number of amides is 4. The summed E-state index contributed by atoms with van der Waals surface area (Å²) in [5.74, 6) is -0.899.